The molecule has 2 aromatic rings. The predicted octanol–water partition coefficient (Wildman–Crippen LogP) is 0.827. The number of primary amides is 1. The van der Waals surface area contributed by atoms with Gasteiger partial charge in [0, 0.05) is 6.07 Å². The third kappa shape index (κ3) is 2.98. The van der Waals surface area contributed by atoms with Gasteiger partial charge in [0.25, 0.3) is 0 Å². The van der Waals surface area contributed by atoms with Crippen molar-refractivity contribution in [3.05, 3.63) is 29.2 Å². The maximum atomic E-state index is 10.6. The third-order valence-electron chi connectivity index (χ3n) is 2.14. The molecule has 0 aliphatic carbocycles. The quantitative estimate of drug-likeness (QED) is 0.861. The smallest absolute Gasteiger partial charge is 0.409 e. The van der Waals surface area contributed by atoms with Crippen molar-refractivity contribution in [2.24, 2.45) is 5.73 Å². The minimum atomic E-state index is -0.959. The molecule has 0 saturated heterocycles. The van der Waals surface area contributed by atoms with Crippen LogP contribution in [-0.2, 0) is 0 Å². The molecule has 0 aliphatic rings. The lowest BCUT2D eigenvalue weighted by Crippen LogP contribution is -2.16. The van der Waals surface area contributed by atoms with Gasteiger partial charge in [0.05, 0.1) is 23.5 Å². The van der Waals surface area contributed by atoms with E-state index in [4.69, 9.17) is 17.3 Å². The lowest BCUT2D eigenvalue weighted by atomic mass is 10.3. The molecule has 0 saturated carbocycles. The molecule has 0 bridgehead atoms. The number of hydrogen-bond donors (Lipinski definition) is 2. The molecule has 1 unspecified atom stereocenters. The van der Waals surface area contributed by atoms with E-state index < -0.39 is 12.2 Å². The van der Waals surface area contributed by atoms with Crippen molar-refractivity contribution in [2.75, 3.05) is 0 Å². The molecular formula is C10H10ClN5O3. The van der Waals surface area contributed by atoms with Gasteiger partial charge in [-0.1, -0.05) is 11.6 Å². The van der Waals surface area contributed by atoms with Crippen LogP contribution in [0.1, 0.15) is 18.7 Å². The van der Waals surface area contributed by atoms with Gasteiger partial charge in [-0.25, -0.2) is 9.78 Å². The molecule has 100 valence electrons. The van der Waals surface area contributed by atoms with E-state index in [1.165, 1.54) is 23.3 Å². The summed E-state index contributed by atoms with van der Waals surface area (Å²) in [4.78, 5) is 15.7. The van der Waals surface area contributed by atoms with Gasteiger partial charge >= 0.3 is 6.09 Å². The molecule has 2 aromatic heterocycles. The van der Waals surface area contributed by atoms with Crippen LogP contribution < -0.4 is 10.5 Å². The molecule has 3 N–H and O–H groups in total. The Morgan fingerprint density at radius 3 is 2.84 bits per heavy atom. The standard InChI is InChI=1S/C10H10ClN5O3/c1-5(17)8-4-14-16(15-8)9-7(11)2-6(3-13-9)19-10(12)18/h2-5,17H,1H3,(H2,12,18). The number of aliphatic hydroxyl groups excluding tert-OH is 1. The summed E-state index contributed by atoms with van der Waals surface area (Å²) < 4.78 is 4.63. The lowest BCUT2D eigenvalue weighted by Gasteiger charge is -2.04. The van der Waals surface area contributed by atoms with E-state index in [1.807, 2.05) is 0 Å². The summed E-state index contributed by atoms with van der Waals surface area (Å²) in [6.45, 7) is 1.56. The molecule has 0 aliphatic heterocycles. The van der Waals surface area contributed by atoms with Crippen LogP contribution >= 0.6 is 11.6 Å². The summed E-state index contributed by atoms with van der Waals surface area (Å²) in [5.41, 5.74) is 5.26. The SMILES string of the molecule is CC(O)c1cnn(-c2ncc(OC(N)=O)cc2Cl)n1. The van der Waals surface area contributed by atoms with E-state index in [1.54, 1.807) is 6.92 Å². The van der Waals surface area contributed by atoms with E-state index in [2.05, 4.69) is 19.9 Å². The van der Waals surface area contributed by atoms with Gasteiger partial charge in [-0.3, -0.25) is 0 Å². The first-order valence-corrected chi connectivity index (χ1v) is 5.58. The van der Waals surface area contributed by atoms with Gasteiger partial charge in [-0.15, -0.1) is 9.90 Å². The Labute approximate surface area is 112 Å². The van der Waals surface area contributed by atoms with Crippen molar-refractivity contribution in [3.8, 4) is 11.6 Å². The fraction of sp³-hybridized carbons (Fsp3) is 0.200. The van der Waals surface area contributed by atoms with Crippen LogP contribution in [0, 0.1) is 0 Å². The van der Waals surface area contributed by atoms with Crippen LogP contribution in [-0.4, -0.2) is 31.2 Å². The van der Waals surface area contributed by atoms with Crippen molar-refractivity contribution in [2.45, 2.75) is 13.0 Å². The highest BCUT2D eigenvalue weighted by Gasteiger charge is 2.12. The average molecular weight is 284 g/mol. The van der Waals surface area contributed by atoms with E-state index >= 15 is 0 Å². The number of nitrogens with two attached hydrogens (primary N) is 1. The maximum absolute atomic E-state index is 10.6. The monoisotopic (exact) mass is 283 g/mol. The van der Waals surface area contributed by atoms with Gasteiger partial charge in [-0.2, -0.15) is 5.10 Å². The fourth-order valence-corrected chi connectivity index (χ4v) is 1.53. The summed E-state index contributed by atoms with van der Waals surface area (Å²) in [6.07, 6.45) is 0.956. The number of rotatable bonds is 3. The Morgan fingerprint density at radius 1 is 1.58 bits per heavy atom. The second-order valence-corrected chi connectivity index (χ2v) is 4.04. The zero-order chi connectivity index (χ0) is 14.0. The van der Waals surface area contributed by atoms with Crippen LogP contribution in [0.15, 0.2) is 18.5 Å². The van der Waals surface area contributed by atoms with Gasteiger partial charge in [0.1, 0.15) is 5.69 Å². The van der Waals surface area contributed by atoms with Crippen molar-refractivity contribution >= 4 is 17.7 Å². The highest BCUT2D eigenvalue weighted by Crippen LogP contribution is 2.22. The normalized spacial score (nSPS) is 12.2. The van der Waals surface area contributed by atoms with E-state index in [0.29, 0.717) is 5.69 Å². The molecule has 1 atom stereocenters. The van der Waals surface area contributed by atoms with E-state index in [-0.39, 0.29) is 16.6 Å². The molecular weight excluding hydrogens is 274 g/mol. The number of aliphatic hydroxyl groups is 1. The zero-order valence-electron chi connectivity index (χ0n) is 9.82. The Hall–Kier alpha value is -2.19. The van der Waals surface area contributed by atoms with Crippen molar-refractivity contribution in [1.29, 1.82) is 0 Å². The molecule has 2 heterocycles. The number of aromatic nitrogens is 4. The zero-order valence-corrected chi connectivity index (χ0v) is 10.6. The first-order valence-electron chi connectivity index (χ1n) is 5.21. The maximum Gasteiger partial charge on any atom is 0.410 e. The minimum absolute atomic E-state index is 0.115. The number of nitrogens with zero attached hydrogens (tertiary/aromatic N) is 4. The Morgan fingerprint density at radius 2 is 2.32 bits per heavy atom. The first kappa shape index (κ1) is 13.2. The van der Waals surface area contributed by atoms with Crippen LogP contribution in [0.5, 0.6) is 5.75 Å². The van der Waals surface area contributed by atoms with Crippen LogP contribution in [0.3, 0.4) is 0 Å². The first-order chi connectivity index (χ1) is 8.97. The van der Waals surface area contributed by atoms with E-state index in [0.717, 1.165) is 0 Å². The van der Waals surface area contributed by atoms with Gasteiger partial charge in [0.15, 0.2) is 11.6 Å². The summed E-state index contributed by atoms with van der Waals surface area (Å²) in [5.74, 6) is 0.356. The minimum Gasteiger partial charge on any atom is -0.409 e. The van der Waals surface area contributed by atoms with Gasteiger partial charge in [0.2, 0.25) is 0 Å². The van der Waals surface area contributed by atoms with Crippen molar-refractivity contribution in [3.63, 3.8) is 0 Å². The highest BCUT2D eigenvalue weighted by molar-refractivity contribution is 6.32. The molecule has 9 heteroatoms. The fourth-order valence-electron chi connectivity index (χ4n) is 1.30. The molecule has 0 aromatic carbocycles. The van der Waals surface area contributed by atoms with Gasteiger partial charge < -0.3 is 15.6 Å². The summed E-state index contributed by atoms with van der Waals surface area (Å²) in [6, 6.07) is 1.36. The average Bonchev–Trinajstić information content (AvgIpc) is 2.77. The van der Waals surface area contributed by atoms with Crippen molar-refractivity contribution < 1.29 is 14.6 Å². The lowest BCUT2D eigenvalue weighted by molar-refractivity contribution is 0.193. The molecule has 1 amide bonds. The molecule has 0 spiro atoms. The number of ether oxygens (including phenoxy) is 1. The molecule has 2 rings (SSSR count). The number of pyridine rings is 1. The number of carbonyl (C=O) groups excluding carboxylic acids is 1. The number of amides is 1. The summed E-state index contributed by atoms with van der Waals surface area (Å²) in [7, 11) is 0. The molecule has 0 fully saturated rings. The summed E-state index contributed by atoms with van der Waals surface area (Å²) in [5, 5.41) is 17.5. The second-order valence-electron chi connectivity index (χ2n) is 3.63. The topological polar surface area (TPSA) is 116 Å². The molecule has 19 heavy (non-hydrogen) atoms. The highest BCUT2D eigenvalue weighted by atomic mass is 35.5. The Balaban J connectivity index is 2.31. The van der Waals surface area contributed by atoms with E-state index in [9.17, 15) is 9.90 Å². The molecule has 0 radical (unpaired) electrons. The largest absolute Gasteiger partial charge is 0.410 e. The summed E-state index contributed by atoms with van der Waals surface area (Å²) >= 11 is 5.98. The number of hydrogen-bond acceptors (Lipinski definition) is 6. The predicted molar refractivity (Wildman–Crippen MR) is 65.0 cm³/mol. The molecule has 8 nitrogen and oxygen atoms in total. The Bertz CT molecular complexity index is 613. The number of halogens is 1. The Kier molecular flexibility index (Phi) is 3.63. The number of carbonyl (C=O) groups is 1. The second kappa shape index (κ2) is 5.21. The van der Waals surface area contributed by atoms with Gasteiger partial charge in [-0.05, 0) is 6.92 Å². The van der Waals surface area contributed by atoms with Crippen LogP contribution in [0.4, 0.5) is 4.79 Å². The van der Waals surface area contributed by atoms with Crippen molar-refractivity contribution in [1.82, 2.24) is 20.0 Å². The third-order valence-corrected chi connectivity index (χ3v) is 2.42. The van der Waals surface area contributed by atoms with Crippen LogP contribution in [0.2, 0.25) is 5.02 Å². The van der Waals surface area contributed by atoms with Crippen LogP contribution in [0.25, 0.3) is 5.82 Å².